The molecule has 119 heavy (non-hydrogen) atoms. The van der Waals surface area contributed by atoms with Gasteiger partial charge in [-0.25, -0.2) is 0 Å². The molecule has 5 aromatic carbocycles. The van der Waals surface area contributed by atoms with Gasteiger partial charge in [0, 0.05) is 98.6 Å². The summed E-state index contributed by atoms with van der Waals surface area (Å²) in [7, 11) is 0. The van der Waals surface area contributed by atoms with E-state index in [0.29, 0.717) is 46.8 Å². The number of nitrogens with one attached hydrogen (secondary N) is 2. The smallest absolute Gasteiger partial charge is 0.373 e. The number of H-pyrrole nitrogens is 2. The zero-order chi connectivity index (χ0) is 87.4. The Bertz CT molecular complexity index is 5140. The van der Waals surface area contributed by atoms with Crippen molar-refractivity contribution in [2.75, 3.05) is 0 Å². The van der Waals surface area contributed by atoms with Gasteiger partial charge in [0.25, 0.3) is 11.1 Å². The lowest BCUT2D eigenvalue weighted by Crippen LogP contribution is -2.18. The molecule has 0 aliphatic rings. The Morgan fingerprint density at radius 3 is 1.08 bits per heavy atom. The van der Waals surface area contributed by atoms with Gasteiger partial charge >= 0.3 is 12.3 Å². The van der Waals surface area contributed by atoms with Crippen molar-refractivity contribution >= 4 is 71.7 Å². The first-order valence-electron chi connectivity index (χ1n) is 37.1. The molecule has 0 saturated carbocycles. The molecule has 23 nitrogen and oxygen atoms in total. The third-order valence-electron chi connectivity index (χ3n) is 16.2. The second-order valence-corrected chi connectivity index (χ2v) is 28.4. The van der Waals surface area contributed by atoms with Crippen LogP contribution in [0, 0.1) is 34.6 Å². The molecule has 8 heterocycles. The van der Waals surface area contributed by atoms with E-state index in [0.717, 1.165) is 87.3 Å². The highest BCUT2D eigenvalue weighted by molar-refractivity contribution is 9.11. The lowest BCUT2D eigenvalue weighted by molar-refractivity contribution is -0.193. The number of nitrogens with zero attached hydrogens (tertiary/aromatic N) is 6. The molecule has 0 bridgehead atoms. The highest BCUT2D eigenvalue weighted by atomic mass is 79.9. The first-order valence-corrected chi connectivity index (χ1v) is 39.5. The third kappa shape index (κ3) is 39.7. The molecule has 0 spiro atoms. The van der Waals surface area contributed by atoms with Crippen molar-refractivity contribution in [1.29, 1.82) is 0 Å². The molecule has 5 atom stereocenters. The van der Waals surface area contributed by atoms with Gasteiger partial charge in [0.15, 0.2) is 11.6 Å². The number of rotatable bonds is 19. The SMILES string of the molecule is CC(=O)c1ccc(Br)cn1.CC(O)c1ccc(Br)cn1.CC(Oc1ccccc1)c1ccc(Br)cn1.CC(Oc1ccccc1)c1ccccn1.Cc1cc(C)c(CCC(=O)c2ccc(C(C)Oc3ccccc3)nc2)c(=O)[nH]1.Cc1cc(C)c(CN)c(=O)[nH]1.Cc1ccc(C(C)Oc2ccccc2)nc1.O=C=O.O=C=O.Oc1ccccc1. The fraction of sp³-hybridized carbons (Fsp3) is 0.204. The largest absolute Gasteiger partial charge is 0.508 e. The van der Waals surface area contributed by atoms with Gasteiger partial charge in [0.1, 0.15) is 58.9 Å². The lowest BCUT2D eigenvalue weighted by Gasteiger charge is -2.14. The van der Waals surface area contributed by atoms with Crippen molar-refractivity contribution in [2.45, 2.75) is 126 Å². The van der Waals surface area contributed by atoms with Crippen molar-refractivity contribution in [3.8, 4) is 28.7 Å². The molecule has 5 unspecified atom stereocenters. The summed E-state index contributed by atoms with van der Waals surface area (Å²) in [6.07, 6.45) is 10.7. The molecule has 0 amide bonds. The highest BCUT2D eigenvalue weighted by Gasteiger charge is 2.16. The summed E-state index contributed by atoms with van der Waals surface area (Å²) in [6.45, 7) is 20.9. The number of hydrogen-bond acceptors (Lipinski definition) is 21. The standard InChI is InChI=1S/C23H24N2O3.C14H15NO.C13H12BrNO.C13H13NO.C8H12N2O.C7H8BrNO.C7H6BrNO.C6H6O.2CO2/c1-15-13-16(2)25-23(27)20(15)10-12-22(26)18-9-11-21(24-14-18)17(3)28-19-7-5-4-6-8-19;1-11-8-9-14(15-10-11)12(2)16-13-6-4-3-5-7-13;1-10(13-8-7-11(14)9-15-13)16-12-5-3-2-4-6-12;1-11(13-9-5-6-10-14-13)15-12-7-3-2-4-8-12;1-5-3-6(2)10-8(11)7(5)4-9;2*1-5(10)7-3-2-6(8)4-9-7;7-6-4-2-1-3-5-6;2*2-1-3/h4-9,11,13-14,17H,10,12H2,1-3H3,(H,25,27);3-10,12H,1-2H3;2-10H,1H3;2-11H,1H3;3H,4,9H2,1-2H3,(H,10,11);2-5,10H,1H3;2-4H,1H3;1-5,7H;;. The predicted molar refractivity (Wildman–Crippen MR) is 468 cm³/mol. The molecular weight excluding hydrogens is 1710 g/mol. The Morgan fingerprint density at radius 2 is 0.773 bits per heavy atom. The van der Waals surface area contributed by atoms with Crippen LogP contribution in [-0.2, 0) is 32.1 Å². The van der Waals surface area contributed by atoms with E-state index in [1.54, 1.807) is 86.4 Å². The fourth-order valence-corrected chi connectivity index (χ4v) is 10.9. The minimum Gasteiger partial charge on any atom is -0.508 e. The van der Waals surface area contributed by atoms with Gasteiger partial charge in [0.05, 0.1) is 34.6 Å². The van der Waals surface area contributed by atoms with Crippen molar-refractivity contribution < 1.29 is 57.9 Å². The number of aromatic amines is 2. The van der Waals surface area contributed by atoms with Gasteiger partial charge in [-0.2, -0.15) is 19.2 Å². The second-order valence-electron chi connectivity index (χ2n) is 25.7. The van der Waals surface area contributed by atoms with Gasteiger partial charge in [0.2, 0.25) is 0 Å². The van der Waals surface area contributed by atoms with E-state index >= 15 is 0 Å². The van der Waals surface area contributed by atoms with Crippen LogP contribution < -0.4 is 35.8 Å². The number of ether oxygens (including phenoxy) is 4. The maximum atomic E-state index is 12.5. The summed E-state index contributed by atoms with van der Waals surface area (Å²) in [4.78, 5) is 110. The lowest BCUT2D eigenvalue weighted by atomic mass is 10.0. The number of aryl methyl sites for hydroxylation is 5. The number of carbonyl (C=O) groups is 2. The van der Waals surface area contributed by atoms with Crippen LogP contribution in [0.2, 0.25) is 0 Å². The summed E-state index contributed by atoms with van der Waals surface area (Å²) in [5.74, 6) is 3.66. The van der Waals surface area contributed by atoms with E-state index in [-0.39, 0.29) is 65.8 Å². The molecule has 13 aromatic rings. The fourth-order valence-electron chi connectivity index (χ4n) is 10.2. The predicted octanol–water partition coefficient (Wildman–Crippen LogP) is 19.7. The summed E-state index contributed by atoms with van der Waals surface area (Å²) in [5, 5.41) is 17.7. The van der Waals surface area contributed by atoms with Crippen molar-refractivity contribution in [1.82, 2.24) is 39.9 Å². The Hall–Kier alpha value is -12.6. The molecule has 6 N–H and O–H groups in total. The van der Waals surface area contributed by atoms with Crippen molar-refractivity contribution in [3.05, 3.63) is 393 Å². The first-order chi connectivity index (χ1) is 57.1. The quantitative estimate of drug-likeness (QED) is 0.0469. The zero-order valence-corrected chi connectivity index (χ0v) is 72.5. The van der Waals surface area contributed by atoms with E-state index in [1.807, 2.05) is 263 Å². The summed E-state index contributed by atoms with van der Waals surface area (Å²) in [6, 6.07) is 75.9. The Balaban J connectivity index is 0.000000292. The van der Waals surface area contributed by atoms with Crippen molar-refractivity contribution in [2.24, 2.45) is 5.73 Å². The number of carbonyl (C=O) groups excluding carboxylic acids is 6. The number of Topliss-reactive ketones (excluding diaryl/α,β-unsaturated/α-hetero) is 2. The van der Waals surface area contributed by atoms with Crippen LogP contribution in [0.1, 0.15) is 167 Å². The second kappa shape index (κ2) is 55.8. The van der Waals surface area contributed by atoms with Gasteiger partial charge in [-0.3, -0.25) is 49.1 Å². The number of benzene rings is 5. The van der Waals surface area contributed by atoms with Crippen LogP contribution in [-0.4, -0.2) is 74.0 Å². The number of aliphatic hydroxyl groups is 1. The Kier molecular flexibility index (Phi) is 46.3. The number of hydrogen-bond donors (Lipinski definition) is 5. The number of phenolic OH excluding ortho intramolecular Hbond substituents is 1. The number of aromatic hydroxyl groups is 1. The number of phenols is 1. The number of halogens is 3. The third-order valence-corrected chi connectivity index (χ3v) is 17.6. The van der Waals surface area contributed by atoms with E-state index in [9.17, 15) is 19.2 Å². The van der Waals surface area contributed by atoms with Gasteiger partial charge in [-0.15, -0.1) is 0 Å². The van der Waals surface area contributed by atoms with Crippen LogP contribution in [0.3, 0.4) is 0 Å². The molecule has 8 aromatic heterocycles. The minimum absolute atomic E-state index is 0.00694. The Morgan fingerprint density at radius 1 is 0.429 bits per heavy atom. The monoisotopic (exact) mass is 1800 g/mol. The van der Waals surface area contributed by atoms with Crippen LogP contribution in [0.25, 0.3) is 0 Å². The molecule has 0 saturated heterocycles. The van der Waals surface area contributed by atoms with Crippen LogP contribution in [0.4, 0.5) is 0 Å². The summed E-state index contributed by atoms with van der Waals surface area (Å²) < 4.78 is 25.9. The van der Waals surface area contributed by atoms with Crippen LogP contribution in [0.15, 0.2) is 303 Å². The zero-order valence-electron chi connectivity index (χ0n) is 67.8. The van der Waals surface area contributed by atoms with E-state index in [2.05, 4.69) is 87.7 Å². The summed E-state index contributed by atoms with van der Waals surface area (Å²) in [5.41, 5.74) is 16.6. The molecular formula is C93H96Br3N9O14. The number of ketones is 2. The van der Waals surface area contributed by atoms with Gasteiger partial charge < -0.3 is 44.9 Å². The molecule has 0 aliphatic carbocycles. The molecule has 0 aliphatic heterocycles. The normalized spacial score (nSPS) is 11.0. The van der Waals surface area contributed by atoms with Crippen LogP contribution >= 0.6 is 47.8 Å². The number of aromatic nitrogens is 8. The first kappa shape index (κ1) is 98.7. The van der Waals surface area contributed by atoms with Gasteiger partial charge in [-0.05, 0) is 280 Å². The molecule has 618 valence electrons. The topological polar surface area (TPSA) is 349 Å². The molecule has 13 rings (SSSR count). The summed E-state index contributed by atoms with van der Waals surface area (Å²) >= 11 is 9.83. The molecule has 26 heteroatoms. The molecule has 0 radical (unpaired) electrons. The number of nitrogens with two attached hydrogens (primary N) is 1. The van der Waals surface area contributed by atoms with Gasteiger partial charge in [-0.1, -0.05) is 103 Å². The minimum atomic E-state index is -0.479. The van der Waals surface area contributed by atoms with E-state index < -0.39 is 6.10 Å². The molecule has 0 fully saturated rings. The Labute approximate surface area is 718 Å². The average molecular weight is 1800 g/mol. The van der Waals surface area contributed by atoms with E-state index in [1.165, 1.54) is 6.92 Å². The highest BCUT2D eigenvalue weighted by Crippen LogP contribution is 2.25. The maximum absolute atomic E-state index is 12.5. The van der Waals surface area contributed by atoms with Crippen molar-refractivity contribution in [3.63, 3.8) is 0 Å². The number of aliphatic hydroxyl groups excluding tert-OH is 1. The average Bonchev–Trinajstić information content (AvgIpc) is 0.855. The number of pyridine rings is 8. The number of para-hydroxylation sites is 5. The van der Waals surface area contributed by atoms with E-state index in [4.69, 9.17) is 54.1 Å². The maximum Gasteiger partial charge on any atom is 0.373 e. The van der Waals surface area contributed by atoms with Crippen LogP contribution in [0.5, 0.6) is 28.7 Å².